The van der Waals surface area contributed by atoms with Crippen molar-refractivity contribution in [3.63, 3.8) is 0 Å². The summed E-state index contributed by atoms with van der Waals surface area (Å²) >= 11 is 6.13. The van der Waals surface area contributed by atoms with Gasteiger partial charge in [-0.2, -0.15) is 0 Å². The van der Waals surface area contributed by atoms with Gasteiger partial charge in [0.05, 0.1) is 12.9 Å². The quantitative estimate of drug-likeness (QED) is 0.676. The molecule has 29 heavy (non-hydrogen) atoms. The molecular formula is C18H23ClN4O6. The molecule has 0 aliphatic carbocycles. The summed E-state index contributed by atoms with van der Waals surface area (Å²) in [5, 5.41) is 11.5. The molecule has 2 aromatic rings. The number of aliphatic hydroxyl groups is 1. The summed E-state index contributed by atoms with van der Waals surface area (Å²) in [5.74, 6) is -1.69. The highest BCUT2D eigenvalue weighted by atomic mass is 35.5. The van der Waals surface area contributed by atoms with Crippen molar-refractivity contribution < 1.29 is 28.8 Å². The van der Waals surface area contributed by atoms with Crippen LogP contribution in [-0.4, -0.2) is 73.3 Å². The Balaban J connectivity index is 1.58. The first-order valence-electron chi connectivity index (χ1n) is 9.49. The van der Waals surface area contributed by atoms with Crippen molar-refractivity contribution in [2.24, 2.45) is 0 Å². The van der Waals surface area contributed by atoms with Crippen LogP contribution in [0.15, 0.2) is 12.7 Å². The van der Waals surface area contributed by atoms with E-state index in [1.54, 1.807) is 4.57 Å². The summed E-state index contributed by atoms with van der Waals surface area (Å²) in [7, 11) is 0. The maximum absolute atomic E-state index is 11.3. The number of hydrogen-bond donors (Lipinski definition) is 1. The summed E-state index contributed by atoms with van der Waals surface area (Å²) < 4.78 is 32.0. The van der Waals surface area contributed by atoms with Gasteiger partial charge in [-0.05, 0) is 27.7 Å². The van der Waals surface area contributed by atoms with Gasteiger partial charge < -0.3 is 28.8 Å². The molecule has 0 amide bonds. The SMILES string of the molecule is CC1(C)OCC2OC(n3cnc4c(Cl)ncnc43)C(O)[C@H]3OC(C)(C)OC3[C@@H]2O1. The zero-order valence-corrected chi connectivity index (χ0v) is 17.2. The maximum atomic E-state index is 11.3. The summed E-state index contributed by atoms with van der Waals surface area (Å²) in [6.45, 7) is 7.56. The van der Waals surface area contributed by atoms with E-state index < -0.39 is 48.3 Å². The predicted octanol–water partition coefficient (Wildman–Crippen LogP) is 1.41. The molecule has 3 aliphatic heterocycles. The highest BCUT2D eigenvalue weighted by Crippen LogP contribution is 2.43. The Labute approximate surface area is 172 Å². The van der Waals surface area contributed by atoms with Crippen LogP contribution in [0.2, 0.25) is 5.15 Å². The molecule has 0 radical (unpaired) electrons. The molecule has 1 N–H and O–H groups in total. The van der Waals surface area contributed by atoms with Gasteiger partial charge in [-0.1, -0.05) is 11.6 Å². The Morgan fingerprint density at radius 2 is 1.76 bits per heavy atom. The molecule has 158 valence electrons. The minimum absolute atomic E-state index is 0.222. The summed E-state index contributed by atoms with van der Waals surface area (Å²) in [5.41, 5.74) is 0.865. The number of imidazole rings is 1. The lowest BCUT2D eigenvalue weighted by molar-refractivity contribution is -0.332. The number of halogens is 1. The van der Waals surface area contributed by atoms with Crippen molar-refractivity contribution in [1.82, 2.24) is 19.5 Å². The number of fused-ring (bicyclic) bond motifs is 4. The number of aromatic nitrogens is 4. The molecule has 10 nitrogen and oxygen atoms in total. The third kappa shape index (κ3) is 3.23. The minimum atomic E-state index is -1.08. The van der Waals surface area contributed by atoms with Gasteiger partial charge in [0.2, 0.25) is 0 Å². The van der Waals surface area contributed by atoms with E-state index in [-0.39, 0.29) is 11.8 Å². The van der Waals surface area contributed by atoms with E-state index >= 15 is 0 Å². The van der Waals surface area contributed by atoms with Gasteiger partial charge in [-0.25, -0.2) is 15.0 Å². The molecule has 4 unspecified atom stereocenters. The Morgan fingerprint density at radius 3 is 2.55 bits per heavy atom. The van der Waals surface area contributed by atoms with Gasteiger partial charge in [0.1, 0.15) is 42.4 Å². The van der Waals surface area contributed by atoms with Crippen LogP contribution in [0.3, 0.4) is 0 Å². The van der Waals surface area contributed by atoms with Gasteiger partial charge in [-0.3, -0.25) is 4.57 Å². The maximum Gasteiger partial charge on any atom is 0.167 e. The van der Waals surface area contributed by atoms with E-state index in [2.05, 4.69) is 15.0 Å². The first kappa shape index (κ1) is 19.6. The monoisotopic (exact) mass is 426 g/mol. The Hall–Kier alpha value is -1.40. The molecule has 2 aromatic heterocycles. The molecule has 11 heteroatoms. The molecule has 6 atom stereocenters. The lowest BCUT2D eigenvalue weighted by Crippen LogP contribution is -2.55. The fraction of sp³-hybridized carbons (Fsp3) is 0.722. The summed E-state index contributed by atoms with van der Waals surface area (Å²) in [6.07, 6.45) is -1.29. The molecule has 5 heterocycles. The second-order valence-electron chi connectivity index (χ2n) is 8.40. The van der Waals surface area contributed by atoms with Crippen LogP contribution in [0.25, 0.3) is 11.2 Å². The van der Waals surface area contributed by atoms with Crippen molar-refractivity contribution in [2.75, 3.05) is 6.61 Å². The van der Waals surface area contributed by atoms with Crippen LogP contribution in [0.1, 0.15) is 33.9 Å². The van der Waals surface area contributed by atoms with E-state index in [9.17, 15) is 5.11 Å². The molecule has 3 aliphatic rings. The normalized spacial score (nSPS) is 38.4. The molecule has 5 rings (SSSR count). The molecular weight excluding hydrogens is 404 g/mol. The highest BCUT2D eigenvalue weighted by molar-refractivity contribution is 6.33. The van der Waals surface area contributed by atoms with Gasteiger partial charge in [0.25, 0.3) is 0 Å². The fourth-order valence-corrected chi connectivity index (χ4v) is 4.38. The Bertz CT molecular complexity index is 936. The topological polar surface area (TPSA) is 110 Å². The van der Waals surface area contributed by atoms with Crippen LogP contribution < -0.4 is 0 Å². The first-order valence-corrected chi connectivity index (χ1v) is 9.87. The standard InChI is InChI=1S/C18H23ClN4O6/c1-17(2)25-5-8-11(27-17)13-12(28-18(3,4)29-13)10(24)16(26-8)23-7-22-9-14(19)20-6-21-15(9)23/h6-8,10-13,16,24H,5H2,1-4H3/t8?,10?,11-,12-,13?,16?/m1/s1. The highest BCUT2D eigenvalue weighted by Gasteiger charge is 2.58. The van der Waals surface area contributed by atoms with Crippen molar-refractivity contribution in [1.29, 1.82) is 0 Å². The zero-order chi connectivity index (χ0) is 20.6. The van der Waals surface area contributed by atoms with Gasteiger partial charge >= 0.3 is 0 Å². The Morgan fingerprint density at radius 1 is 1.03 bits per heavy atom. The van der Waals surface area contributed by atoms with Gasteiger partial charge in [0, 0.05) is 0 Å². The second kappa shape index (κ2) is 6.55. The Kier molecular flexibility index (Phi) is 4.42. The van der Waals surface area contributed by atoms with Gasteiger partial charge in [-0.15, -0.1) is 0 Å². The van der Waals surface area contributed by atoms with Crippen LogP contribution in [0, 0.1) is 0 Å². The average molecular weight is 427 g/mol. The minimum Gasteiger partial charge on any atom is -0.386 e. The van der Waals surface area contributed by atoms with E-state index in [0.717, 1.165) is 0 Å². The first-order chi connectivity index (χ1) is 13.7. The summed E-state index contributed by atoms with van der Waals surface area (Å²) in [4.78, 5) is 12.5. The van der Waals surface area contributed by atoms with Crippen LogP contribution >= 0.6 is 11.6 Å². The zero-order valence-electron chi connectivity index (χ0n) is 16.5. The van der Waals surface area contributed by atoms with Crippen molar-refractivity contribution in [2.45, 2.75) is 76.0 Å². The number of rotatable bonds is 1. The smallest absolute Gasteiger partial charge is 0.167 e. The van der Waals surface area contributed by atoms with Crippen LogP contribution in [-0.2, 0) is 23.7 Å². The van der Waals surface area contributed by atoms with Crippen molar-refractivity contribution in [3.05, 3.63) is 17.8 Å². The third-order valence-electron chi connectivity index (χ3n) is 5.40. The van der Waals surface area contributed by atoms with Gasteiger partial charge in [0.15, 0.2) is 28.6 Å². The second-order valence-corrected chi connectivity index (χ2v) is 8.76. The number of aliphatic hydroxyl groups excluding tert-OH is 1. The van der Waals surface area contributed by atoms with Crippen LogP contribution in [0.4, 0.5) is 0 Å². The molecule has 0 aromatic carbocycles. The molecule has 3 fully saturated rings. The predicted molar refractivity (Wildman–Crippen MR) is 99.0 cm³/mol. The lowest BCUT2D eigenvalue weighted by atomic mass is 9.99. The van der Waals surface area contributed by atoms with Crippen molar-refractivity contribution in [3.8, 4) is 0 Å². The van der Waals surface area contributed by atoms with E-state index in [4.69, 9.17) is 35.3 Å². The molecule has 0 spiro atoms. The number of nitrogens with zero attached hydrogens (tertiary/aromatic N) is 4. The molecule has 0 bridgehead atoms. The van der Waals surface area contributed by atoms with E-state index in [1.165, 1.54) is 12.7 Å². The fourth-order valence-electron chi connectivity index (χ4n) is 4.21. The van der Waals surface area contributed by atoms with E-state index in [0.29, 0.717) is 11.2 Å². The average Bonchev–Trinajstić information content (AvgIpc) is 3.19. The summed E-state index contributed by atoms with van der Waals surface area (Å²) in [6, 6.07) is 0. The van der Waals surface area contributed by atoms with Crippen molar-refractivity contribution >= 4 is 22.8 Å². The van der Waals surface area contributed by atoms with Crippen LogP contribution in [0.5, 0.6) is 0 Å². The molecule has 3 saturated heterocycles. The third-order valence-corrected chi connectivity index (χ3v) is 5.68. The molecule has 0 saturated carbocycles. The number of ether oxygens (including phenoxy) is 5. The lowest BCUT2D eigenvalue weighted by Gasteiger charge is -2.42. The largest absolute Gasteiger partial charge is 0.386 e. The van der Waals surface area contributed by atoms with E-state index in [1.807, 2.05) is 27.7 Å². The number of hydrogen-bond acceptors (Lipinski definition) is 9.